The normalized spacial score (nSPS) is 26.6. The molecule has 2 amide bonds. The summed E-state index contributed by atoms with van der Waals surface area (Å²) in [5.74, 6) is -0.919. The van der Waals surface area contributed by atoms with Crippen LogP contribution in [0.15, 0.2) is 30.3 Å². The second-order valence-corrected chi connectivity index (χ2v) is 9.08. The average molecular weight is 358 g/mol. The molecule has 1 saturated carbocycles. The van der Waals surface area contributed by atoms with E-state index in [4.69, 9.17) is 0 Å². The first kappa shape index (κ1) is 18.9. The summed E-state index contributed by atoms with van der Waals surface area (Å²) in [7, 11) is 0. The summed E-state index contributed by atoms with van der Waals surface area (Å²) in [5.41, 5.74) is 1.25. The number of fused-ring (bicyclic) bond motifs is 2. The molecule has 5 heteroatoms. The van der Waals surface area contributed by atoms with Crippen molar-refractivity contribution in [2.24, 2.45) is 10.8 Å². The molecule has 5 nitrogen and oxygen atoms in total. The molecule has 0 radical (unpaired) electrons. The minimum atomic E-state index is -0.503. The Morgan fingerprint density at radius 1 is 1.19 bits per heavy atom. The molecule has 0 aromatic heterocycles. The molecular formula is C21H30N2O3. The van der Waals surface area contributed by atoms with Crippen LogP contribution < -0.4 is 0 Å². The van der Waals surface area contributed by atoms with E-state index in [0.717, 1.165) is 24.8 Å². The van der Waals surface area contributed by atoms with Crippen LogP contribution in [-0.4, -0.2) is 52.5 Å². The Balaban J connectivity index is 1.74. The summed E-state index contributed by atoms with van der Waals surface area (Å²) < 4.78 is 0. The molecular weight excluding hydrogens is 328 g/mol. The summed E-state index contributed by atoms with van der Waals surface area (Å²) in [4.78, 5) is 29.2. The fourth-order valence-corrected chi connectivity index (χ4v) is 5.13. The van der Waals surface area contributed by atoms with E-state index in [1.807, 2.05) is 30.3 Å². The second-order valence-electron chi connectivity index (χ2n) is 9.08. The van der Waals surface area contributed by atoms with Crippen LogP contribution in [0.3, 0.4) is 0 Å². The third kappa shape index (κ3) is 3.93. The SMILES string of the molecule is CC1(C)CC2CC(C)(CN2C(=O)C(=O)N(CCO)Cc2ccccc2)C1. The van der Waals surface area contributed by atoms with E-state index in [9.17, 15) is 14.7 Å². The summed E-state index contributed by atoms with van der Waals surface area (Å²) in [6.45, 7) is 7.74. The van der Waals surface area contributed by atoms with Gasteiger partial charge in [-0.3, -0.25) is 9.59 Å². The lowest BCUT2D eigenvalue weighted by molar-refractivity contribution is -0.153. The standard InChI is InChI=1S/C21H30N2O3/c1-20(2)11-17-12-21(3,14-20)15-23(17)19(26)18(25)22(9-10-24)13-16-7-5-4-6-8-16/h4-8,17,24H,9-15H2,1-3H3. The van der Waals surface area contributed by atoms with Gasteiger partial charge in [-0.25, -0.2) is 0 Å². The number of aliphatic hydroxyl groups is 1. The van der Waals surface area contributed by atoms with Gasteiger partial charge >= 0.3 is 11.8 Å². The van der Waals surface area contributed by atoms with E-state index < -0.39 is 11.8 Å². The molecule has 1 aliphatic heterocycles. The van der Waals surface area contributed by atoms with Crippen LogP contribution in [0.1, 0.15) is 45.6 Å². The molecule has 0 spiro atoms. The molecule has 2 aliphatic rings. The van der Waals surface area contributed by atoms with Crippen molar-refractivity contribution in [3.8, 4) is 0 Å². The molecule has 1 aliphatic carbocycles. The van der Waals surface area contributed by atoms with E-state index in [-0.39, 0.29) is 30.0 Å². The first-order valence-electron chi connectivity index (χ1n) is 9.48. The minimum Gasteiger partial charge on any atom is -0.395 e. The predicted molar refractivity (Wildman–Crippen MR) is 100 cm³/mol. The van der Waals surface area contributed by atoms with Crippen molar-refractivity contribution >= 4 is 11.8 Å². The molecule has 2 bridgehead atoms. The van der Waals surface area contributed by atoms with Gasteiger partial charge in [0, 0.05) is 25.7 Å². The number of aliphatic hydroxyl groups excluding tert-OH is 1. The highest BCUT2D eigenvalue weighted by atomic mass is 16.3. The Morgan fingerprint density at radius 3 is 2.54 bits per heavy atom. The Kier molecular flexibility index (Phi) is 5.11. The first-order chi connectivity index (χ1) is 12.2. The van der Waals surface area contributed by atoms with Crippen molar-refractivity contribution < 1.29 is 14.7 Å². The van der Waals surface area contributed by atoms with Crippen LogP contribution >= 0.6 is 0 Å². The van der Waals surface area contributed by atoms with Gasteiger partial charge in [0.1, 0.15) is 0 Å². The van der Waals surface area contributed by atoms with Crippen LogP contribution in [-0.2, 0) is 16.1 Å². The molecule has 2 fully saturated rings. The van der Waals surface area contributed by atoms with E-state index in [2.05, 4.69) is 20.8 Å². The number of hydrogen-bond donors (Lipinski definition) is 1. The second kappa shape index (κ2) is 7.03. The zero-order chi connectivity index (χ0) is 18.9. The van der Waals surface area contributed by atoms with Gasteiger partial charge in [-0.15, -0.1) is 0 Å². The van der Waals surface area contributed by atoms with Crippen LogP contribution in [0.25, 0.3) is 0 Å². The summed E-state index contributed by atoms with van der Waals surface area (Å²) >= 11 is 0. The number of likely N-dealkylation sites (tertiary alicyclic amines) is 1. The highest BCUT2D eigenvalue weighted by Gasteiger charge is 2.52. The van der Waals surface area contributed by atoms with Crippen molar-refractivity contribution in [1.29, 1.82) is 0 Å². The number of benzene rings is 1. The predicted octanol–water partition coefficient (Wildman–Crippen LogP) is 2.43. The highest BCUT2D eigenvalue weighted by molar-refractivity contribution is 6.35. The smallest absolute Gasteiger partial charge is 0.312 e. The maximum atomic E-state index is 13.0. The Labute approximate surface area is 156 Å². The number of carbonyl (C=O) groups is 2. The molecule has 26 heavy (non-hydrogen) atoms. The molecule has 1 saturated heterocycles. The lowest BCUT2D eigenvalue weighted by Gasteiger charge is -2.39. The van der Waals surface area contributed by atoms with Crippen LogP contribution in [0.5, 0.6) is 0 Å². The van der Waals surface area contributed by atoms with Crippen LogP contribution in [0, 0.1) is 10.8 Å². The van der Waals surface area contributed by atoms with Gasteiger partial charge in [0.15, 0.2) is 0 Å². The largest absolute Gasteiger partial charge is 0.395 e. The molecule has 142 valence electrons. The highest BCUT2D eigenvalue weighted by Crippen LogP contribution is 2.52. The van der Waals surface area contributed by atoms with Gasteiger partial charge in [-0.2, -0.15) is 0 Å². The monoisotopic (exact) mass is 358 g/mol. The zero-order valence-electron chi connectivity index (χ0n) is 16.1. The summed E-state index contributed by atoms with van der Waals surface area (Å²) in [6, 6.07) is 9.73. The number of hydrogen-bond acceptors (Lipinski definition) is 3. The van der Waals surface area contributed by atoms with Crippen LogP contribution in [0.4, 0.5) is 0 Å². The lowest BCUT2D eigenvalue weighted by Crippen LogP contribution is -2.48. The Hall–Kier alpha value is -1.88. The summed E-state index contributed by atoms with van der Waals surface area (Å²) in [5, 5.41) is 9.35. The number of amides is 2. The van der Waals surface area contributed by atoms with Gasteiger partial charge in [-0.05, 0) is 35.7 Å². The fourth-order valence-electron chi connectivity index (χ4n) is 5.13. The molecule has 2 atom stereocenters. The molecule has 2 unspecified atom stereocenters. The van der Waals surface area contributed by atoms with Gasteiger partial charge in [0.2, 0.25) is 0 Å². The Morgan fingerprint density at radius 2 is 1.88 bits per heavy atom. The Bertz CT molecular complexity index is 673. The molecule has 1 aromatic carbocycles. The van der Waals surface area contributed by atoms with Crippen molar-refractivity contribution in [3.63, 3.8) is 0 Å². The third-order valence-corrected chi connectivity index (χ3v) is 5.73. The minimum absolute atomic E-state index is 0.101. The first-order valence-corrected chi connectivity index (χ1v) is 9.48. The van der Waals surface area contributed by atoms with Gasteiger partial charge < -0.3 is 14.9 Å². The number of rotatable bonds is 4. The number of carbonyl (C=O) groups excluding carboxylic acids is 2. The third-order valence-electron chi connectivity index (χ3n) is 5.73. The molecule has 1 aromatic rings. The topological polar surface area (TPSA) is 60.9 Å². The van der Waals surface area contributed by atoms with E-state index >= 15 is 0 Å². The van der Waals surface area contributed by atoms with Crippen LogP contribution in [0.2, 0.25) is 0 Å². The van der Waals surface area contributed by atoms with Crippen molar-refractivity contribution in [3.05, 3.63) is 35.9 Å². The summed E-state index contributed by atoms with van der Waals surface area (Å²) in [6.07, 6.45) is 3.01. The quantitative estimate of drug-likeness (QED) is 0.841. The average Bonchev–Trinajstić information content (AvgIpc) is 2.83. The molecule has 3 rings (SSSR count). The van der Waals surface area contributed by atoms with Crippen molar-refractivity contribution in [1.82, 2.24) is 9.80 Å². The number of nitrogens with zero attached hydrogens (tertiary/aromatic N) is 2. The molecule has 1 N–H and O–H groups in total. The van der Waals surface area contributed by atoms with Gasteiger partial charge in [-0.1, -0.05) is 51.1 Å². The molecule has 1 heterocycles. The van der Waals surface area contributed by atoms with E-state index in [1.165, 1.54) is 4.90 Å². The maximum absolute atomic E-state index is 13.0. The maximum Gasteiger partial charge on any atom is 0.312 e. The zero-order valence-corrected chi connectivity index (χ0v) is 16.1. The van der Waals surface area contributed by atoms with E-state index in [1.54, 1.807) is 4.90 Å². The fraction of sp³-hybridized carbons (Fsp3) is 0.619. The van der Waals surface area contributed by atoms with Crippen molar-refractivity contribution in [2.45, 2.75) is 52.6 Å². The van der Waals surface area contributed by atoms with Crippen molar-refractivity contribution in [2.75, 3.05) is 19.7 Å². The lowest BCUT2D eigenvalue weighted by atomic mass is 9.65. The van der Waals surface area contributed by atoms with E-state index in [0.29, 0.717) is 13.1 Å². The van der Waals surface area contributed by atoms with Gasteiger partial charge in [0.25, 0.3) is 0 Å². The van der Waals surface area contributed by atoms with Gasteiger partial charge in [0.05, 0.1) is 6.61 Å².